The first kappa shape index (κ1) is 19.5. The van der Waals surface area contributed by atoms with Crippen molar-refractivity contribution in [1.82, 2.24) is 4.98 Å². The van der Waals surface area contributed by atoms with Gasteiger partial charge in [-0.3, -0.25) is 0 Å². The summed E-state index contributed by atoms with van der Waals surface area (Å²) in [6.07, 6.45) is 1.49. The van der Waals surface area contributed by atoms with Crippen LogP contribution in [0, 0.1) is 13.8 Å². The van der Waals surface area contributed by atoms with Crippen molar-refractivity contribution >= 4 is 21.6 Å². The molecule has 5 nitrogen and oxygen atoms in total. The van der Waals surface area contributed by atoms with Crippen molar-refractivity contribution < 1.29 is 17.3 Å². The van der Waals surface area contributed by atoms with Crippen molar-refractivity contribution in [1.29, 1.82) is 0 Å². The van der Waals surface area contributed by atoms with Gasteiger partial charge in [0.15, 0.2) is 5.76 Å². The fourth-order valence-electron chi connectivity index (χ4n) is 2.72. The molecule has 0 unspecified atom stereocenters. The molecule has 2 aromatic heterocycles. The fourth-order valence-corrected chi connectivity index (χ4v) is 5.21. The second-order valence-corrected chi connectivity index (χ2v) is 9.49. The lowest BCUT2D eigenvalue weighted by atomic mass is 10.2. The van der Waals surface area contributed by atoms with E-state index in [1.165, 1.54) is 23.6 Å². The Bertz CT molecular complexity index is 1210. The molecule has 0 aliphatic rings. The minimum Gasteiger partial charge on any atom is -0.459 e. The number of hydrogen-bond acceptors (Lipinski definition) is 6. The van der Waals surface area contributed by atoms with E-state index in [1.54, 1.807) is 36.4 Å². The smallest absolute Gasteiger partial charge is 0.265 e. The fraction of sp³-hybridized carbons (Fsp3) is 0.136. The molecule has 0 amide bonds. The zero-order chi connectivity index (χ0) is 20.4. The van der Waals surface area contributed by atoms with Gasteiger partial charge >= 0.3 is 0 Å². The molecule has 2 aromatic carbocycles. The van der Waals surface area contributed by atoms with Crippen molar-refractivity contribution in [3.05, 3.63) is 83.6 Å². The third-order valence-corrected chi connectivity index (χ3v) is 7.20. The topological polar surface area (TPSA) is 73.3 Å². The summed E-state index contributed by atoms with van der Waals surface area (Å²) in [5.74, 6) is 1.09. The number of thioether (sulfide) groups is 1. The van der Waals surface area contributed by atoms with E-state index in [2.05, 4.69) is 4.98 Å². The average Bonchev–Trinajstić information content (AvgIpc) is 3.38. The van der Waals surface area contributed by atoms with Crippen LogP contribution in [0.5, 0.6) is 0 Å². The molecule has 0 radical (unpaired) electrons. The highest BCUT2D eigenvalue weighted by atomic mass is 32.2. The van der Waals surface area contributed by atoms with Gasteiger partial charge in [-0.25, -0.2) is 8.42 Å². The number of aryl methyl sites for hydroxylation is 2. The number of benzene rings is 2. The molecular weight excluding hydrogens is 406 g/mol. The molecule has 0 N–H and O–H groups in total. The lowest BCUT2D eigenvalue weighted by Crippen LogP contribution is -2.04. The van der Waals surface area contributed by atoms with E-state index in [-0.39, 0.29) is 20.9 Å². The maximum absolute atomic E-state index is 13.2. The SMILES string of the molecule is Cc1ccc(CSc2oc(-c3ccco3)nc2S(=O)(=O)c2ccc(C)cc2)cc1. The molecule has 0 saturated carbocycles. The Morgan fingerprint density at radius 3 is 2.21 bits per heavy atom. The highest BCUT2D eigenvalue weighted by molar-refractivity contribution is 7.99. The summed E-state index contributed by atoms with van der Waals surface area (Å²) in [5.41, 5.74) is 3.21. The normalized spacial score (nSPS) is 11.7. The van der Waals surface area contributed by atoms with E-state index in [0.29, 0.717) is 11.5 Å². The molecule has 0 aliphatic carbocycles. The first-order valence-electron chi connectivity index (χ1n) is 8.98. The lowest BCUT2D eigenvalue weighted by molar-refractivity contribution is 0.451. The number of sulfone groups is 1. The Labute approximate surface area is 173 Å². The average molecular weight is 426 g/mol. The van der Waals surface area contributed by atoms with Gasteiger partial charge in [0.2, 0.25) is 20.0 Å². The Balaban J connectivity index is 1.73. The van der Waals surface area contributed by atoms with Crippen molar-refractivity contribution in [2.24, 2.45) is 0 Å². The van der Waals surface area contributed by atoms with Crippen LogP contribution in [0.25, 0.3) is 11.7 Å². The van der Waals surface area contributed by atoms with Crippen LogP contribution in [0.2, 0.25) is 0 Å². The molecule has 0 saturated heterocycles. The van der Waals surface area contributed by atoms with E-state index >= 15 is 0 Å². The van der Waals surface area contributed by atoms with Crippen molar-refractivity contribution in [2.45, 2.75) is 34.6 Å². The number of nitrogens with zero attached hydrogens (tertiary/aromatic N) is 1. The Kier molecular flexibility index (Phi) is 5.34. The van der Waals surface area contributed by atoms with Gasteiger partial charge in [-0.1, -0.05) is 59.3 Å². The molecule has 4 rings (SSSR count). The number of furan rings is 1. The van der Waals surface area contributed by atoms with E-state index in [9.17, 15) is 8.42 Å². The van der Waals surface area contributed by atoms with Gasteiger partial charge in [0.25, 0.3) is 5.89 Å². The second kappa shape index (κ2) is 7.93. The molecule has 7 heteroatoms. The number of rotatable bonds is 6. The maximum Gasteiger partial charge on any atom is 0.265 e. The molecule has 148 valence electrons. The van der Waals surface area contributed by atoms with Gasteiger partial charge in [-0.2, -0.15) is 4.98 Å². The molecule has 0 bridgehead atoms. The highest BCUT2D eigenvalue weighted by Gasteiger charge is 2.29. The molecular formula is C22H19NO4S2. The van der Waals surface area contributed by atoms with Crippen molar-refractivity contribution in [3.8, 4) is 11.7 Å². The molecule has 29 heavy (non-hydrogen) atoms. The highest BCUT2D eigenvalue weighted by Crippen LogP contribution is 2.36. The van der Waals surface area contributed by atoms with Gasteiger partial charge in [-0.05, 0) is 43.7 Å². The zero-order valence-corrected chi connectivity index (χ0v) is 17.6. The largest absolute Gasteiger partial charge is 0.459 e. The molecule has 0 spiro atoms. The monoisotopic (exact) mass is 425 g/mol. The third-order valence-electron chi connectivity index (χ3n) is 4.38. The summed E-state index contributed by atoms with van der Waals surface area (Å²) in [7, 11) is -3.84. The van der Waals surface area contributed by atoms with Gasteiger partial charge in [0, 0.05) is 5.75 Å². The van der Waals surface area contributed by atoms with Crippen LogP contribution in [0.4, 0.5) is 0 Å². The Hall–Kier alpha value is -2.77. The van der Waals surface area contributed by atoms with Gasteiger partial charge in [0.05, 0.1) is 11.2 Å². The van der Waals surface area contributed by atoms with Gasteiger partial charge < -0.3 is 8.83 Å². The zero-order valence-electron chi connectivity index (χ0n) is 16.0. The summed E-state index contributed by atoms with van der Waals surface area (Å²) in [6, 6.07) is 18.2. The first-order chi connectivity index (χ1) is 13.9. The Morgan fingerprint density at radius 2 is 1.59 bits per heavy atom. The minimum absolute atomic E-state index is 0.0927. The molecule has 0 fully saturated rings. The van der Waals surface area contributed by atoms with Crippen LogP contribution in [-0.4, -0.2) is 13.4 Å². The summed E-state index contributed by atoms with van der Waals surface area (Å²) >= 11 is 1.30. The summed E-state index contributed by atoms with van der Waals surface area (Å²) < 4.78 is 37.6. The number of oxazole rings is 1. The lowest BCUT2D eigenvalue weighted by Gasteiger charge is -2.04. The summed E-state index contributed by atoms with van der Waals surface area (Å²) in [5, 5.41) is 0.155. The molecule has 0 aliphatic heterocycles. The van der Waals surface area contributed by atoms with Crippen LogP contribution in [-0.2, 0) is 15.6 Å². The second-order valence-electron chi connectivity index (χ2n) is 6.68. The first-order valence-corrected chi connectivity index (χ1v) is 11.5. The van der Waals surface area contributed by atoms with E-state index < -0.39 is 9.84 Å². The summed E-state index contributed by atoms with van der Waals surface area (Å²) in [6.45, 7) is 3.93. The van der Waals surface area contributed by atoms with Crippen LogP contribution in [0.3, 0.4) is 0 Å². The standard InChI is InChI=1S/C22H19NO4S2/c1-15-5-9-17(10-6-15)14-28-22-21(23-20(27-22)19-4-3-13-26-19)29(24,25)18-11-7-16(2)8-12-18/h3-13H,14H2,1-2H3. The minimum atomic E-state index is -3.84. The van der Waals surface area contributed by atoms with Gasteiger partial charge in [0.1, 0.15) is 0 Å². The van der Waals surface area contributed by atoms with Crippen molar-refractivity contribution in [2.75, 3.05) is 0 Å². The van der Waals surface area contributed by atoms with Gasteiger partial charge in [-0.15, -0.1) is 0 Å². The number of hydrogen-bond donors (Lipinski definition) is 0. The predicted molar refractivity (Wildman–Crippen MR) is 112 cm³/mol. The summed E-state index contributed by atoms with van der Waals surface area (Å²) in [4.78, 5) is 4.46. The quantitative estimate of drug-likeness (QED) is 0.370. The Morgan fingerprint density at radius 1 is 0.931 bits per heavy atom. The van der Waals surface area contributed by atoms with Crippen LogP contribution < -0.4 is 0 Å². The maximum atomic E-state index is 13.2. The number of aromatic nitrogens is 1. The van der Waals surface area contributed by atoms with Crippen LogP contribution in [0.15, 0.2) is 90.8 Å². The van der Waals surface area contributed by atoms with Crippen LogP contribution in [0.1, 0.15) is 16.7 Å². The third kappa shape index (κ3) is 4.16. The van der Waals surface area contributed by atoms with E-state index in [4.69, 9.17) is 8.83 Å². The predicted octanol–water partition coefficient (Wildman–Crippen LogP) is 5.68. The van der Waals surface area contributed by atoms with Crippen LogP contribution >= 0.6 is 11.8 Å². The molecule has 0 atom stereocenters. The van der Waals surface area contributed by atoms with Crippen molar-refractivity contribution in [3.63, 3.8) is 0 Å². The van der Waals surface area contributed by atoms with E-state index in [1.807, 2.05) is 38.1 Å². The van der Waals surface area contributed by atoms with E-state index in [0.717, 1.165) is 11.1 Å². The molecule has 4 aromatic rings. The molecule has 2 heterocycles.